The second kappa shape index (κ2) is 5.83. The Morgan fingerprint density at radius 3 is 3.00 bits per heavy atom. The summed E-state index contributed by atoms with van der Waals surface area (Å²) in [5.74, 6) is 0.132. The third kappa shape index (κ3) is 2.80. The molecule has 0 aromatic rings. The molecule has 0 aromatic heterocycles. The summed E-state index contributed by atoms with van der Waals surface area (Å²) < 4.78 is 5.77. The van der Waals surface area contributed by atoms with Gasteiger partial charge in [-0.2, -0.15) is 0 Å². The molecular formula is C13H24N2O2. The van der Waals surface area contributed by atoms with E-state index in [0.29, 0.717) is 6.61 Å². The van der Waals surface area contributed by atoms with Crippen molar-refractivity contribution in [2.24, 2.45) is 5.73 Å². The molecule has 2 rings (SSSR count). The van der Waals surface area contributed by atoms with Crippen molar-refractivity contribution in [3.63, 3.8) is 0 Å². The Morgan fingerprint density at radius 2 is 2.24 bits per heavy atom. The summed E-state index contributed by atoms with van der Waals surface area (Å²) in [6, 6.07) is -0.0337. The molecule has 3 unspecified atom stereocenters. The molecule has 98 valence electrons. The zero-order valence-electron chi connectivity index (χ0n) is 10.7. The number of hydrogen-bond acceptors (Lipinski definition) is 3. The number of fused-ring (bicyclic) bond motifs is 1. The van der Waals surface area contributed by atoms with Gasteiger partial charge in [-0.25, -0.2) is 0 Å². The third-order valence-electron chi connectivity index (χ3n) is 3.93. The fourth-order valence-corrected chi connectivity index (χ4v) is 3.02. The summed E-state index contributed by atoms with van der Waals surface area (Å²) in [6.45, 7) is 3.46. The van der Waals surface area contributed by atoms with Crippen LogP contribution in [-0.4, -0.2) is 42.1 Å². The van der Waals surface area contributed by atoms with E-state index in [1.807, 2.05) is 4.90 Å². The Hall–Kier alpha value is -0.610. The Balaban J connectivity index is 2.00. The van der Waals surface area contributed by atoms with Crippen LogP contribution in [0, 0.1) is 0 Å². The minimum Gasteiger partial charge on any atom is -0.374 e. The molecule has 2 fully saturated rings. The quantitative estimate of drug-likeness (QED) is 0.808. The highest BCUT2D eigenvalue weighted by Crippen LogP contribution is 2.28. The molecule has 1 heterocycles. The van der Waals surface area contributed by atoms with Crippen LogP contribution in [0.15, 0.2) is 0 Å². The smallest absolute Gasteiger partial charge is 0.239 e. The molecule has 17 heavy (non-hydrogen) atoms. The summed E-state index contributed by atoms with van der Waals surface area (Å²) in [7, 11) is 0. The van der Waals surface area contributed by atoms with E-state index in [9.17, 15) is 4.79 Å². The molecule has 3 atom stereocenters. The molecule has 0 radical (unpaired) electrons. The maximum atomic E-state index is 12.3. The first-order valence-electron chi connectivity index (χ1n) is 6.91. The Morgan fingerprint density at radius 1 is 1.47 bits per heavy atom. The van der Waals surface area contributed by atoms with Gasteiger partial charge in [0.25, 0.3) is 0 Å². The van der Waals surface area contributed by atoms with E-state index in [1.165, 1.54) is 12.8 Å². The number of morpholine rings is 1. The van der Waals surface area contributed by atoms with E-state index in [2.05, 4.69) is 6.92 Å². The highest BCUT2D eigenvalue weighted by atomic mass is 16.5. The minimum atomic E-state index is -0.319. The van der Waals surface area contributed by atoms with Crippen LogP contribution in [0.2, 0.25) is 0 Å². The molecular weight excluding hydrogens is 216 g/mol. The van der Waals surface area contributed by atoms with E-state index in [-0.39, 0.29) is 24.1 Å². The first-order valence-corrected chi connectivity index (χ1v) is 6.91. The van der Waals surface area contributed by atoms with E-state index in [4.69, 9.17) is 10.5 Å². The van der Waals surface area contributed by atoms with Crippen molar-refractivity contribution in [1.82, 2.24) is 4.90 Å². The highest BCUT2D eigenvalue weighted by Gasteiger charge is 2.37. The number of nitrogens with zero attached hydrogens (tertiary/aromatic N) is 1. The fourth-order valence-electron chi connectivity index (χ4n) is 3.02. The predicted octanol–water partition coefficient (Wildman–Crippen LogP) is 1.28. The molecule has 4 heteroatoms. The van der Waals surface area contributed by atoms with Crippen molar-refractivity contribution in [1.29, 1.82) is 0 Å². The maximum absolute atomic E-state index is 12.3. The van der Waals surface area contributed by atoms with Gasteiger partial charge in [-0.15, -0.1) is 0 Å². The highest BCUT2D eigenvalue weighted by molar-refractivity contribution is 5.82. The van der Waals surface area contributed by atoms with Crippen molar-refractivity contribution in [3.05, 3.63) is 0 Å². The van der Waals surface area contributed by atoms with Gasteiger partial charge in [0, 0.05) is 6.54 Å². The molecule has 1 saturated carbocycles. The van der Waals surface area contributed by atoms with Gasteiger partial charge < -0.3 is 15.4 Å². The molecule has 2 N–H and O–H groups in total. The third-order valence-corrected chi connectivity index (χ3v) is 3.93. The van der Waals surface area contributed by atoms with Crippen molar-refractivity contribution in [2.45, 2.75) is 63.6 Å². The molecule has 1 saturated heterocycles. The molecule has 4 nitrogen and oxygen atoms in total. The minimum absolute atomic E-state index is 0.132. The molecule has 1 aliphatic carbocycles. The zero-order valence-corrected chi connectivity index (χ0v) is 10.7. The Bertz CT molecular complexity index is 268. The van der Waals surface area contributed by atoms with Crippen LogP contribution in [0.25, 0.3) is 0 Å². The Kier molecular flexibility index (Phi) is 4.40. The lowest BCUT2D eigenvalue weighted by Crippen LogP contribution is -2.58. The standard InChI is InChI=1S/C13H24N2O2/c1-2-5-10(14)13(16)15-8-9-17-12-7-4-3-6-11(12)15/h10-12H,2-9,14H2,1H3. The summed E-state index contributed by atoms with van der Waals surface area (Å²) in [4.78, 5) is 14.3. The fraction of sp³-hybridized carbons (Fsp3) is 0.923. The van der Waals surface area contributed by atoms with Crippen LogP contribution in [0.3, 0.4) is 0 Å². The molecule has 1 amide bonds. The van der Waals surface area contributed by atoms with Crippen LogP contribution in [0.5, 0.6) is 0 Å². The van der Waals surface area contributed by atoms with E-state index < -0.39 is 0 Å². The molecule has 0 spiro atoms. The number of amides is 1. The van der Waals surface area contributed by atoms with E-state index >= 15 is 0 Å². The van der Waals surface area contributed by atoms with Gasteiger partial charge in [0.1, 0.15) is 0 Å². The van der Waals surface area contributed by atoms with E-state index in [0.717, 1.165) is 32.2 Å². The van der Waals surface area contributed by atoms with Gasteiger partial charge in [0.15, 0.2) is 0 Å². The lowest BCUT2D eigenvalue weighted by molar-refractivity contribution is -0.151. The van der Waals surface area contributed by atoms with E-state index in [1.54, 1.807) is 0 Å². The number of rotatable bonds is 3. The maximum Gasteiger partial charge on any atom is 0.239 e. The first-order chi connectivity index (χ1) is 8.24. The van der Waals surface area contributed by atoms with Gasteiger partial charge in [0.05, 0.1) is 24.8 Å². The topological polar surface area (TPSA) is 55.6 Å². The van der Waals surface area contributed by atoms with Crippen LogP contribution in [0.1, 0.15) is 45.4 Å². The van der Waals surface area contributed by atoms with Gasteiger partial charge >= 0.3 is 0 Å². The number of hydrogen-bond donors (Lipinski definition) is 1. The van der Waals surface area contributed by atoms with Crippen LogP contribution < -0.4 is 5.73 Å². The second-order valence-electron chi connectivity index (χ2n) is 5.19. The number of carbonyl (C=O) groups excluding carboxylic acids is 1. The number of ether oxygens (including phenoxy) is 1. The lowest BCUT2D eigenvalue weighted by atomic mass is 9.89. The summed E-state index contributed by atoms with van der Waals surface area (Å²) in [6.07, 6.45) is 6.61. The van der Waals surface area contributed by atoms with Crippen LogP contribution in [-0.2, 0) is 9.53 Å². The van der Waals surface area contributed by atoms with Gasteiger partial charge in [-0.1, -0.05) is 26.2 Å². The SMILES string of the molecule is CCCC(N)C(=O)N1CCOC2CCCCC21. The summed E-state index contributed by atoms with van der Waals surface area (Å²) in [5.41, 5.74) is 5.95. The van der Waals surface area contributed by atoms with Crippen LogP contribution in [0.4, 0.5) is 0 Å². The monoisotopic (exact) mass is 240 g/mol. The van der Waals surface area contributed by atoms with Crippen molar-refractivity contribution in [2.75, 3.05) is 13.2 Å². The van der Waals surface area contributed by atoms with Crippen molar-refractivity contribution < 1.29 is 9.53 Å². The van der Waals surface area contributed by atoms with Gasteiger partial charge in [-0.05, 0) is 19.3 Å². The second-order valence-corrected chi connectivity index (χ2v) is 5.19. The van der Waals surface area contributed by atoms with Gasteiger partial charge in [-0.3, -0.25) is 4.79 Å². The average molecular weight is 240 g/mol. The van der Waals surface area contributed by atoms with Crippen molar-refractivity contribution in [3.8, 4) is 0 Å². The number of nitrogens with two attached hydrogens (primary N) is 1. The van der Waals surface area contributed by atoms with Crippen molar-refractivity contribution >= 4 is 5.91 Å². The number of carbonyl (C=O) groups is 1. The van der Waals surface area contributed by atoms with Gasteiger partial charge in [0.2, 0.25) is 5.91 Å². The van der Waals surface area contributed by atoms with Crippen LogP contribution >= 0.6 is 0 Å². The average Bonchev–Trinajstić information content (AvgIpc) is 2.37. The molecule has 0 bridgehead atoms. The lowest BCUT2D eigenvalue weighted by Gasteiger charge is -2.44. The summed E-state index contributed by atoms with van der Waals surface area (Å²) >= 11 is 0. The molecule has 0 aromatic carbocycles. The summed E-state index contributed by atoms with van der Waals surface area (Å²) in [5, 5.41) is 0. The Labute approximate surface area is 103 Å². The normalized spacial score (nSPS) is 30.8. The molecule has 1 aliphatic heterocycles. The first kappa shape index (κ1) is 12.8. The zero-order chi connectivity index (χ0) is 12.3. The largest absolute Gasteiger partial charge is 0.374 e. The molecule has 2 aliphatic rings. The predicted molar refractivity (Wildman–Crippen MR) is 66.6 cm³/mol.